The highest BCUT2D eigenvalue weighted by molar-refractivity contribution is 7.98. The number of hydrogen-bond donors (Lipinski definition) is 1. The van der Waals surface area contributed by atoms with Crippen molar-refractivity contribution < 1.29 is 0 Å². The number of anilines is 1. The molecular weight excluding hydrogens is 160 g/mol. The van der Waals surface area contributed by atoms with E-state index in [9.17, 15) is 4.91 Å². The number of thioether (sulfide) groups is 1. The van der Waals surface area contributed by atoms with Gasteiger partial charge in [-0.25, -0.2) is 0 Å². The van der Waals surface area contributed by atoms with Crippen LogP contribution in [0.25, 0.3) is 0 Å². The fourth-order valence-electron chi connectivity index (χ4n) is 0.743. The summed E-state index contributed by atoms with van der Waals surface area (Å²) in [6.45, 7) is 0. The van der Waals surface area contributed by atoms with E-state index < -0.39 is 0 Å². The Morgan fingerprint density at radius 2 is 2.27 bits per heavy atom. The molecule has 0 amide bonds. The van der Waals surface area contributed by atoms with Crippen molar-refractivity contribution in [2.24, 2.45) is 5.18 Å². The second kappa shape index (κ2) is 3.39. The zero-order valence-corrected chi connectivity index (χ0v) is 6.89. The Kier molecular flexibility index (Phi) is 2.48. The predicted molar refractivity (Wildman–Crippen MR) is 48.1 cm³/mol. The van der Waals surface area contributed by atoms with Crippen LogP contribution < -0.4 is 5.73 Å². The minimum atomic E-state index is 0.308. The average molecular weight is 168 g/mol. The SMILES string of the molecule is CSc1ccc(N=O)c(N)c1. The quantitative estimate of drug-likeness (QED) is 0.419. The standard InChI is InChI=1S/C7H8N2OS/c1-11-5-2-3-7(9-10)6(8)4-5/h2-4H,8H2,1H3. The number of nitrogens with two attached hydrogens (primary N) is 1. The molecule has 0 unspecified atom stereocenters. The van der Waals surface area contributed by atoms with E-state index in [1.807, 2.05) is 12.3 Å². The molecule has 0 radical (unpaired) electrons. The molecule has 0 saturated heterocycles. The summed E-state index contributed by atoms with van der Waals surface area (Å²) in [6.07, 6.45) is 1.95. The van der Waals surface area contributed by atoms with Crippen LogP contribution in [0.15, 0.2) is 28.3 Å². The molecule has 0 aliphatic carbocycles. The number of benzene rings is 1. The molecule has 0 heterocycles. The number of nitrogens with zero attached hydrogens (tertiary/aromatic N) is 1. The Morgan fingerprint density at radius 3 is 2.73 bits per heavy atom. The Morgan fingerprint density at radius 1 is 1.55 bits per heavy atom. The second-order valence-corrected chi connectivity index (χ2v) is 2.90. The molecule has 1 aromatic rings. The van der Waals surface area contributed by atoms with Gasteiger partial charge in [0.05, 0.1) is 5.69 Å². The summed E-state index contributed by atoms with van der Waals surface area (Å²) >= 11 is 1.58. The smallest absolute Gasteiger partial charge is 0.130 e. The van der Waals surface area contributed by atoms with Gasteiger partial charge in [-0.2, -0.15) is 0 Å². The van der Waals surface area contributed by atoms with Crippen LogP contribution in [-0.4, -0.2) is 6.26 Å². The Balaban J connectivity index is 3.09. The fraction of sp³-hybridized carbons (Fsp3) is 0.143. The van der Waals surface area contributed by atoms with Gasteiger partial charge < -0.3 is 5.73 Å². The molecule has 58 valence electrons. The lowest BCUT2D eigenvalue weighted by Crippen LogP contribution is -1.84. The van der Waals surface area contributed by atoms with Crippen molar-refractivity contribution in [3.05, 3.63) is 23.1 Å². The fourth-order valence-corrected chi connectivity index (χ4v) is 1.19. The topological polar surface area (TPSA) is 55.5 Å². The van der Waals surface area contributed by atoms with E-state index in [1.54, 1.807) is 23.9 Å². The first kappa shape index (κ1) is 8.07. The lowest BCUT2D eigenvalue weighted by molar-refractivity contribution is 1.41. The largest absolute Gasteiger partial charge is 0.397 e. The first-order valence-corrected chi connectivity index (χ1v) is 4.27. The normalized spacial score (nSPS) is 9.55. The lowest BCUT2D eigenvalue weighted by atomic mass is 10.3. The van der Waals surface area contributed by atoms with Crippen molar-refractivity contribution in [1.82, 2.24) is 0 Å². The van der Waals surface area contributed by atoms with Crippen LogP contribution in [0.4, 0.5) is 11.4 Å². The molecule has 1 rings (SSSR count). The average Bonchev–Trinajstić information content (AvgIpc) is 2.04. The van der Waals surface area contributed by atoms with Gasteiger partial charge in [0, 0.05) is 4.90 Å². The van der Waals surface area contributed by atoms with Crippen LogP contribution in [-0.2, 0) is 0 Å². The Bertz CT molecular complexity index is 275. The summed E-state index contributed by atoms with van der Waals surface area (Å²) in [7, 11) is 0. The molecule has 0 bridgehead atoms. The zero-order valence-electron chi connectivity index (χ0n) is 6.07. The van der Waals surface area contributed by atoms with Crippen LogP contribution in [0.5, 0.6) is 0 Å². The van der Waals surface area contributed by atoms with Crippen LogP contribution >= 0.6 is 11.8 Å². The third-order valence-corrected chi connectivity index (χ3v) is 2.06. The van der Waals surface area contributed by atoms with Crippen LogP contribution in [0.1, 0.15) is 0 Å². The highest BCUT2D eigenvalue weighted by Gasteiger charge is 1.98. The summed E-state index contributed by atoms with van der Waals surface area (Å²) in [4.78, 5) is 11.1. The minimum Gasteiger partial charge on any atom is -0.397 e. The summed E-state index contributed by atoms with van der Waals surface area (Å²) in [5, 5.41) is 2.76. The maximum Gasteiger partial charge on any atom is 0.130 e. The molecule has 0 saturated carbocycles. The molecule has 11 heavy (non-hydrogen) atoms. The van der Waals surface area contributed by atoms with E-state index in [1.165, 1.54) is 0 Å². The predicted octanol–water partition coefficient (Wildman–Crippen LogP) is 2.39. The van der Waals surface area contributed by atoms with Gasteiger partial charge in [-0.3, -0.25) is 0 Å². The third-order valence-electron chi connectivity index (χ3n) is 1.33. The van der Waals surface area contributed by atoms with Crippen molar-refractivity contribution in [2.75, 3.05) is 12.0 Å². The van der Waals surface area contributed by atoms with Gasteiger partial charge >= 0.3 is 0 Å². The van der Waals surface area contributed by atoms with Crippen molar-refractivity contribution in [2.45, 2.75) is 4.90 Å². The third kappa shape index (κ3) is 1.71. The highest BCUT2D eigenvalue weighted by atomic mass is 32.2. The van der Waals surface area contributed by atoms with Crippen molar-refractivity contribution in [1.29, 1.82) is 0 Å². The molecule has 3 nitrogen and oxygen atoms in total. The van der Waals surface area contributed by atoms with Gasteiger partial charge in [0.1, 0.15) is 5.69 Å². The van der Waals surface area contributed by atoms with E-state index in [0.717, 1.165) is 4.90 Å². The van der Waals surface area contributed by atoms with Gasteiger partial charge in [-0.05, 0) is 29.6 Å². The zero-order chi connectivity index (χ0) is 8.27. The van der Waals surface area contributed by atoms with E-state index in [4.69, 9.17) is 5.73 Å². The Hall–Kier alpha value is -1.03. The second-order valence-electron chi connectivity index (χ2n) is 2.02. The number of rotatable bonds is 2. The summed E-state index contributed by atoms with van der Waals surface area (Å²) in [6, 6.07) is 5.17. The molecule has 0 aromatic heterocycles. The molecule has 0 fully saturated rings. The van der Waals surface area contributed by atoms with Crippen molar-refractivity contribution in [3.63, 3.8) is 0 Å². The molecular formula is C7H8N2OS. The lowest BCUT2D eigenvalue weighted by Gasteiger charge is -1.98. The first-order chi connectivity index (χ1) is 5.27. The first-order valence-electron chi connectivity index (χ1n) is 3.05. The summed E-state index contributed by atoms with van der Waals surface area (Å²) in [5.74, 6) is 0. The molecule has 0 aliphatic heterocycles. The van der Waals surface area contributed by atoms with Gasteiger partial charge in [0.2, 0.25) is 0 Å². The molecule has 2 N–H and O–H groups in total. The van der Waals surface area contributed by atoms with E-state index in [-0.39, 0.29) is 0 Å². The van der Waals surface area contributed by atoms with Crippen LogP contribution in [0.3, 0.4) is 0 Å². The summed E-state index contributed by atoms with van der Waals surface area (Å²) < 4.78 is 0. The highest BCUT2D eigenvalue weighted by Crippen LogP contribution is 2.26. The monoisotopic (exact) mass is 168 g/mol. The molecule has 0 aliphatic rings. The minimum absolute atomic E-state index is 0.308. The van der Waals surface area contributed by atoms with E-state index in [2.05, 4.69) is 5.18 Å². The Labute approximate surface area is 69.0 Å². The van der Waals surface area contributed by atoms with Crippen LogP contribution in [0, 0.1) is 4.91 Å². The molecule has 1 aromatic carbocycles. The molecule has 4 heteroatoms. The number of nitroso groups, excluding NO2 is 1. The van der Waals surface area contributed by atoms with Crippen molar-refractivity contribution >= 4 is 23.1 Å². The van der Waals surface area contributed by atoms with Gasteiger partial charge in [0.25, 0.3) is 0 Å². The molecule has 0 spiro atoms. The number of hydrogen-bond acceptors (Lipinski definition) is 4. The van der Waals surface area contributed by atoms with Crippen molar-refractivity contribution in [3.8, 4) is 0 Å². The molecule has 0 atom stereocenters. The van der Waals surface area contributed by atoms with Gasteiger partial charge in [-0.15, -0.1) is 16.7 Å². The maximum absolute atomic E-state index is 10.1. The van der Waals surface area contributed by atoms with E-state index in [0.29, 0.717) is 11.4 Å². The van der Waals surface area contributed by atoms with Gasteiger partial charge in [-0.1, -0.05) is 0 Å². The van der Waals surface area contributed by atoms with Gasteiger partial charge in [0.15, 0.2) is 0 Å². The van der Waals surface area contributed by atoms with Crippen LogP contribution in [0.2, 0.25) is 0 Å². The summed E-state index contributed by atoms with van der Waals surface area (Å²) in [5.41, 5.74) is 6.25. The number of nitrogen functional groups attached to an aromatic ring is 1. The van der Waals surface area contributed by atoms with E-state index >= 15 is 0 Å². The maximum atomic E-state index is 10.1.